The van der Waals surface area contributed by atoms with Crippen LogP contribution in [0.3, 0.4) is 0 Å². The summed E-state index contributed by atoms with van der Waals surface area (Å²) in [5.41, 5.74) is 0. The second-order valence-electron chi connectivity index (χ2n) is 3.83. The van der Waals surface area contributed by atoms with Gasteiger partial charge in [0.2, 0.25) is 11.2 Å². The molecule has 0 spiro atoms. The molecule has 0 aliphatic carbocycles. The fraction of sp³-hybridized carbons (Fsp3) is 0. The third kappa shape index (κ3) is 3.17. The van der Waals surface area contributed by atoms with Crippen molar-refractivity contribution >= 4 is 23.4 Å². The van der Waals surface area contributed by atoms with Crippen LogP contribution in [0.2, 0.25) is 5.28 Å². The Morgan fingerprint density at radius 3 is 2.76 bits per heavy atom. The molecule has 0 amide bonds. The van der Waals surface area contributed by atoms with E-state index in [0.717, 1.165) is 30.0 Å². The molecule has 0 radical (unpaired) electrons. The van der Waals surface area contributed by atoms with Gasteiger partial charge in [-0.3, -0.25) is 4.57 Å². The molecule has 0 aliphatic rings. The molecule has 3 rings (SSSR count). The predicted octanol–water partition coefficient (Wildman–Crippen LogP) is 3.14. The van der Waals surface area contributed by atoms with Crippen molar-refractivity contribution in [3.05, 3.63) is 53.8 Å². The zero-order valence-corrected chi connectivity index (χ0v) is 11.8. The fourth-order valence-corrected chi connectivity index (χ4v) is 2.51. The summed E-state index contributed by atoms with van der Waals surface area (Å²) in [6.07, 6.45) is 4.67. The van der Waals surface area contributed by atoms with E-state index in [4.69, 9.17) is 11.6 Å². The molecule has 2 heterocycles. The molecule has 5 nitrogen and oxygen atoms in total. The number of imidazole rings is 1. The smallest absolute Gasteiger partial charge is 0.240 e. The van der Waals surface area contributed by atoms with E-state index in [-0.39, 0.29) is 21.3 Å². The van der Waals surface area contributed by atoms with Gasteiger partial charge in [-0.25, -0.2) is 13.8 Å². The summed E-state index contributed by atoms with van der Waals surface area (Å²) in [6.45, 7) is 0. The van der Waals surface area contributed by atoms with Gasteiger partial charge in [-0.05, 0) is 41.6 Å². The number of aromatic nitrogens is 5. The third-order valence-electron chi connectivity index (χ3n) is 2.41. The van der Waals surface area contributed by atoms with Crippen LogP contribution in [0.4, 0.5) is 8.78 Å². The predicted molar refractivity (Wildman–Crippen MR) is 72.4 cm³/mol. The van der Waals surface area contributed by atoms with Crippen LogP contribution < -0.4 is 0 Å². The van der Waals surface area contributed by atoms with Crippen molar-refractivity contribution in [2.24, 2.45) is 0 Å². The number of nitrogens with zero attached hydrogens (tertiary/aromatic N) is 5. The van der Waals surface area contributed by atoms with E-state index in [1.165, 1.54) is 10.9 Å². The van der Waals surface area contributed by atoms with Crippen molar-refractivity contribution in [2.45, 2.75) is 10.1 Å². The Labute approximate surface area is 127 Å². The van der Waals surface area contributed by atoms with E-state index in [2.05, 4.69) is 19.9 Å². The topological polar surface area (TPSA) is 56.5 Å². The number of benzene rings is 1. The Morgan fingerprint density at radius 1 is 1.14 bits per heavy atom. The van der Waals surface area contributed by atoms with Gasteiger partial charge in [-0.2, -0.15) is 15.0 Å². The monoisotopic (exact) mass is 325 g/mol. The number of halogens is 3. The average Bonchev–Trinajstić information content (AvgIpc) is 2.96. The second kappa shape index (κ2) is 5.74. The van der Waals surface area contributed by atoms with Crippen LogP contribution in [-0.2, 0) is 0 Å². The summed E-state index contributed by atoms with van der Waals surface area (Å²) in [5, 5.41) is 0.108. The Balaban J connectivity index is 1.97. The van der Waals surface area contributed by atoms with Gasteiger partial charge in [-0.1, -0.05) is 0 Å². The van der Waals surface area contributed by atoms with Crippen molar-refractivity contribution in [3.63, 3.8) is 0 Å². The van der Waals surface area contributed by atoms with Crippen molar-refractivity contribution in [1.29, 1.82) is 0 Å². The molecule has 0 N–H and O–H groups in total. The molecular weight excluding hydrogens is 320 g/mol. The molecule has 9 heteroatoms. The molecule has 106 valence electrons. The van der Waals surface area contributed by atoms with Crippen LogP contribution in [0.15, 0.2) is 47.0 Å². The molecule has 0 fully saturated rings. The van der Waals surface area contributed by atoms with Crippen LogP contribution >= 0.6 is 23.4 Å². The van der Waals surface area contributed by atoms with Gasteiger partial charge >= 0.3 is 0 Å². The SMILES string of the molecule is Fc1ccc(F)c(Sc2nc(Cl)nc(-n3ccnc3)n2)c1. The van der Waals surface area contributed by atoms with Gasteiger partial charge in [0.05, 0.1) is 4.90 Å². The van der Waals surface area contributed by atoms with Gasteiger partial charge in [0, 0.05) is 12.4 Å². The molecule has 0 bridgehead atoms. The third-order valence-corrected chi connectivity index (χ3v) is 3.47. The summed E-state index contributed by atoms with van der Waals surface area (Å²) in [7, 11) is 0. The fourth-order valence-electron chi connectivity index (χ4n) is 1.51. The minimum Gasteiger partial charge on any atom is -0.274 e. The van der Waals surface area contributed by atoms with Gasteiger partial charge in [0.25, 0.3) is 0 Å². The van der Waals surface area contributed by atoms with Crippen molar-refractivity contribution in [3.8, 4) is 5.95 Å². The first-order chi connectivity index (χ1) is 10.1. The molecule has 0 atom stereocenters. The molecule has 0 unspecified atom stereocenters. The summed E-state index contributed by atoms with van der Waals surface area (Å²) in [5.74, 6) is -0.872. The summed E-state index contributed by atoms with van der Waals surface area (Å²) >= 11 is 6.69. The van der Waals surface area contributed by atoms with Gasteiger partial charge in [0.15, 0.2) is 5.16 Å². The quantitative estimate of drug-likeness (QED) is 0.740. The zero-order chi connectivity index (χ0) is 14.8. The van der Waals surface area contributed by atoms with Crippen molar-refractivity contribution < 1.29 is 8.78 Å². The minimum atomic E-state index is -0.567. The first-order valence-corrected chi connectivity index (χ1v) is 6.84. The highest BCUT2D eigenvalue weighted by atomic mass is 35.5. The molecule has 21 heavy (non-hydrogen) atoms. The normalized spacial score (nSPS) is 10.8. The summed E-state index contributed by atoms with van der Waals surface area (Å²) in [6, 6.07) is 3.14. The van der Waals surface area contributed by atoms with Crippen molar-refractivity contribution in [1.82, 2.24) is 24.5 Å². The maximum atomic E-state index is 13.6. The Hall–Kier alpha value is -2.06. The first kappa shape index (κ1) is 13.9. The molecule has 0 aliphatic heterocycles. The van der Waals surface area contributed by atoms with Gasteiger partial charge < -0.3 is 0 Å². The molecule has 3 aromatic rings. The van der Waals surface area contributed by atoms with E-state index in [0.29, 0.717) is 0 Å². The highest BCUT2D eigenvalue weighted by Crippen LogP contribution is 2.28. The van der Waals surface area contributed by atoms with E-state index in [1.54, 1.807) is 12.4 Å². The maximum absolute atomic E-state index is 13.6. The van der Waals surface area contributed by atoms with E-state index in [1.807, 2.05) is 0 Å². The molecule has 0 saturated heterocycles. The van der Waals surface area contributed by atoms with Crippen LogP contribution in [-0.4, -0.2) is 24.5 Å². The second-order valence-corrected chi connectivity index (χ2v) is 5.18. The van der Waals surface area contributed by atoms with E-state index < -0.39 is 11.6 Å². The summed E-state index contributed by atoms with van der Waals surface area (Å²) < 4.78 is 28.3. The standard InChI is InChI=1S/C12H6ClF2N5S/c13-10-17-11(20-4-3-16-6-20)19-12(18-10)21-9-5-7(14)1-2-8(9)15/h1-6H. The van der Waals surface area contributed by atoms with Crippen LogP contribution in [0.25, 0.3) is 5.95 Å². The molecule has 2 aromatic heterocycles. The molecule has 1 aromatic carbocycles. The summed E-state index contributed by atoms with van der Waals surface area (Å²) in [4.78, 5) is 15.9. The highest BCUT2D eigenvalue weighted by Gasteiger charge is 2.11. The number of hydrogen-bond donors (Lipinski definition) is 0. The average molecular weight is 326 g/mol. The van der Waals surface area contributed by atoms with Gasteiger partial charge in [-0.15, -0.1) is 0 Å². The Kier molecular flexibility index (Phi) is 3.80. The number of rotatable bonds is 3. The number of hydrogen-bond acceptors (Lipinski definition) is 5. The van der Waals surface area contributed by atoms with Gasteiger partial charge in [0.1, 0.15) is 18.0 Å². The minimum absolute atomic E-state index is 0.0481. The van der Waals surface area contributed by atoms with E-state index in [9.17, 15) is 8.78 Å². The van der Waals surface area contributed by atoms with Crippen LogP contribution in [0, 0.1) is 11.6 Å². The van der Waals surface area contributed by atoms with Crippen LogP contribution in [0.5, 0.6) is 0 Å². The van der Waals surface area contributed by atoms with Crippen molar-refractivity contribution in [2.75, 3.05) is 0 Å². The van der Waals surface area contributed by atoms with Crippen LogP contribution in [0.1, 0.15) is 0 Å². The Bertz CT molecular complexity index is 781. The highest BCUT2D eigenvalue weighted by molar-refractivity contribution is 7.99. The lowest BCUT2D eigenvalue weighted by molar-refractivity contribution is 0.577. The first-order valence-electron chi connectivity index (χ1n) is 5.64. The molecular formula is C12H6ClF2N5S. The Morgan fingerprint density at radius 2 is 2.00 bits per heavy atom. The maximum Gasteiger partial charge on any atom is 0.240 e. The zero-order valence-electron chi connectivity index (χ0n) is 10.2. The lowest BCUT2D eigenvalue weighted by Gasteiger charge is -2.05. The largest absolute Gasteiger partial charge is 0.274 e. The lowest BCUT2D eigenvalue weighted by atomic mass is 10.3. The molecule has 0 saturated carbocycles. The van der Waals surface area contributed by atoms with E-state index >= 15 is 0 Å². The lowest BCUT2D eigenvalue weighted by Crippen LogP contribution is -2.02.